The van der Waals surface area contributed by atoms with E-state index in [-0.39, 0.29) is 13.1 Å². The molecule has 2 amide bonds. The zero-order valence-electron chi connectivity index (χ0n) is 10.4. The molecule has 0 bridgehead atoms. The van der Waals surface area contributed by atoms with Crippen LogP contribution in [-0.4, -0.2) is 40.5 Å². The van der Waals surface area contributed by atoms with E-state index in [1.165, 1.54) is 4.90 Å². The van der Waals surface area contributed by atoms with Gasteiger partial charge >= 0.3 is 11.8 Å². The quantitative estimate of drug-likeness (QED) is 0.712. The van der Waals surface area contributed by atoms with Crippen LogP contribution >= 0.6 is 0 Å². The Kier molecular flexibility index (Phi) is 3.09. The average Bonchev–Trinajstić information content (AvgIpc) is 2.28. The predicted molar refractivity (Wildman–Crippen MR) is 67.0 cm³/mol. The minimum atomic E-state index is -0.861. The van der Waals surface area contributed by atoms with Crippen molar-refractivity contribution in [2.75, 3.05) is 18.4 Å². The van der Waals surface area contributed by atoms with Crippen molar-refractivity contribution >= 4 is 17.5 Å². The molecule has 0 aliphatic carbocycles. The zero-order chi connectivity index (χ0) is 13.3. The maximum Gasteiger partial charge on any atom is 0.313 e. The molecule has 1 saturated heterocycles. The Bertz CT molecular complexity index is 472. The van der Waals surface area contributed by atoms with E-state index in [9.17, 15) is 14.7 Å². The molecule has 0 atom stereocenters. The highest BCUT2D eigenvalue weighted by Gasteiger charge is 2.41. The molecule has 1 aliphatic heterocycles. The predicted octanol–water partition coefficient (Wildman–Crippen LogP) is 0.527. The van der Waals surface area contributed by atoms with Crippen molar-refractivity contribution in [2.24, 2.45) is 0 Å². The van der Waals surface area contributed by atoms with Crippen LogP contribution in [-0.2, 0) is 9.59 Å². The number of aliphatic hydroxyl groups is 1. The van der Waals surface area contributed by atoms with Crippen molar-refractivity contribution < 1.29 is 14.7 Å². The van der Waals surface area contributed by atoms with Gasteiger partial charge in [-0.3, -0.25) is 9.59 Å². The summed E-state index contributed by atoms with van der Waals surface area (Å²) in [4.78, 5) is 24.7. The highest BCUT2D eigenvalue weighted by molar-refractivity contribution is 6.39. The number of hydrogen-bond acceptors (Lipinski definition) is 3. The molecule has 2 rings (SSSR count). The van der Waals surface area contributed by atoms with E-state index < -0.39 is 17.4 Å². The lowest BCUT2D eigenvalue weighted by atomic mass is 9.97. The summed E-state index contributed by atoms with van der Waals surface area (Å²) in [5.74, 6) is -1.28. The Hall–Kier alpha value is -1.88. The van der Waals surface area contributed by atoms with E-state index in [2.05, 4.69) is 5.32 Å². The van der Waals surface area contributed by atoms with Crippen LogP contribution in [0.3, 0.4) is 0 Å². The van der Waals surface area contributed by atoms with Gasteiger partial charge in [-0.15, -0.1) is 0 Å². The molecule has 0 spiro atoms. The number of likely N-dealkylation sites (tertiary alicyclic amines) is 1. The maximum atomic E-state index is 11.7. The van der Waals surface area contributed by atoms with Crippen LogP contribution in [0.5, 0.6) is 0 Å². The standard InChI is InChI=1S/C13H16N2O3/c1-9-3-5-10(6-4-9)14-11(16)12(17)15-7-13(2,18)8-15/h3-6,18H,7-8H2,1-2H3,(H,14,16). The minimum Gasteiger partial charge on any atom is -0.386 e. The van der Waals surface area contributed by atoms with Crippen molar-refractivity contribution in [2.45, 2.75) is 19.4 Å². The van der Waals surface area contributed by atoms with Gasteiger partial charge in [0.1, 0.15) is 0 Å². The molecular formula is C13H16N2O3. The van der Waals surface area contributed by atoms with Gasteiger partial charge < -0.3 is 15.3 Å². The molecule has 0 radical (unpaired) electrons. The minimum absolute atomic E-state index is 0.202. The average molecular weight is 248 g/mol. The fourth-order valence-corrected chi connectivity index (χ4v) is 1.88. The highest BCUT2D eigenvalue weighted by Crippen LogP contribution is 2.20. The molecule has 1 aromatic rings. The maximum absolute atomic E-state index is 11.7. The highest BCUT2D eigenvalue weighted by atomic mass is 16.3. The third-order valence-corrected chi connectivity index (χ3v) is 2.85. The van der Waals surface area contributed by atoms with Gasteiger partial charge in [0.05, 0.1) is 18.7 Å². The summed E-state index contributed by atoms with van der Waals surface area (Å²) in [6.07, 6.45) is 0. The van der Waals surface area contributed by atoms with Gasteiger partial charge in [-0.05, 0) is 26.0 Å². The second-order valence-corrected chi connectivity index (χ2v) is 4.98. The van der Waals surface area contributed by atoms with Crippen LogP contribution in [0.1, 0.15) is 12.5 Å². The van der Waals surface area contributed by atoms with Crippen LogP contribution in [0.25, 0.3) is 0 Å². The second-order valence-electron chi connectivity index (χ2n) is 4.98. The molecule has 1 aromatic carbocycles. The first-order valence-corrected chi connectivity index (χ1v) is 5.77. The van der Waals surface area contributed by atoms with Crippen molar-refractivity contribution in [1.82, 2.24) is 4.90 Å². The Morgan fingerprint density at radius 2 is 1.83 bits per heavy atom. The third kappa shape index (κ3) is 2.68. The van der Waals surface area contributed by atoms with Crippen LogP contribution in [0.4, 0.5) is 5.69 Å². The summed E-state index contributed by atoms with van der Waals surface area (Å²) in [5, 5.41) is 12.0. The van der Waals surface area contributed by atoms with E-state index in [0.29, 0.717) is 5.69 Å². The number of carbonyl (C=O) groups is 2. The number of β-amino-alcohol motifs (C(OH)–C–C–N with tert-alkyl or cyclic N) is 1. The SMILES string of the molecule is Cc1ccc(NC(=O)C(=O)N2CC(C)(O)C2)cc1. The summed E-state index contributed by atoms with van der Waals surface area (Å²) < 4.78 is 0. The van der Waals surface area contributed by atoms with E-state index in [1.54, 1.807) is 19.1 Å². The number of aryl methyl sites for hydroxylation is 1. The van der Waals surface area contributed by atoms with Crippen molar-refractivity contribution in [1.29, 1.82) is 0 Å². The lowest BCUT2D eigenvalue weighted by Gasteiger charge is -2.43. The van der Waals surface area contributed by atoms with Crippen molar-refractivity contribution in [3.05, 3.63) is 29.8 Å². The number of hydrogen-bond donors (Lipinski definition) is 2. The molecule has 1 aliphatic rings. The molecule has 1 heterocycles. The molecule has 1 fully saturated rings. The second kappa shape index (κ2) is 4.42. The summed E-state index contributed by atoms with van der Waals surface area (Å²) in [6.45, 7) is 3.98. The van der Waals surface area contributed by atoms with Crippen molar-refractivity contribution in [3.8, 4) is 0 Å². The number of nitrogens with one attached hydrogen (secondary N) is 1. The molecule has 18 heavy (non-hydrogen) atoms. The number of rotatable bonds is 1. The molecule has 0 aromatic heterocycles. The van der Waals surface area contributed by atoms with Crippen LogP contribution in [0, 0.1) is 6.92 Å². The topological polar surface area (TPSA) is 69.6 Å². The van der Waals surface area contributed by atoms with E-state index in [4.69, 9.17) is 0 Å². The monoisotopic (exact) mass is 248 g/mol. The van der Waals surface area contributed by atoms with Gasteiger partial charge in [0.2, 0.25) is 0 Å². The van der Waals surface area contributed by atoms with Crippen LogP contribution in [0.15, 0.2) is 24.3 Å². The lowest BCUT2D eigenvalue weighted by molar-refractivity contribution is -0.158. The summed E-state index contributed by atoms with van der Waals surface area (Å²) in [6, 6.07) is 7.20. The lowest BCUT2D eigenvalue weighted by Crippen LogP contribution is -2.63. The molecule has 2 N–H and O–H groups in total. The number of amides is 2. The summed E-state index contributed by atoms with van der Waals surface area (Å²) in [5.41, 5.74) is 0.809. The number of nitrogens with zero attached hydrogens (tertiary/aromatic N) is 1. The molecule has 5 nitrogen and oxygen atoms in total. The van der Waals surface area contributed by atoms with Gasteiger partial charge in [0, 0.05) is 5.69 Å². The fraction of sp³-hybridized carbons (Fsp3) is 0.385. The molecule has 0 unspecified atom stereocenters. The number of benzene rings is 1. The summed E-state index contributed by atoms with van der Waals surface area (Å²) >= 11 is 0. The van der Waals surface area contributed by atoms with Crippen LogP contribution in [0.2, 0.25) is 0 Å². The van der Waals surface area contributed by atoms with Crippen molar-refractivity contribution in [3.63, 3.8) is 0 Å². The zero-order valence-corrected chi connectivity index (χ0v) is 10.4. The Balaban J connectivity index is 1.92. The first-order chi connectivity index (χ1) is 8.37. The van der Waals surface area contributed by atoms with Gasteiger partial charge in [0.25, 0.3) is 0 Å². The molecule has 0 saturated carbocycles. The first kappa shape index (κ1) is 12.6. The number of carbonyl (C=O) groups excluding carboxylic acids is 2. The smallest absolute Gasteiger partial charge is 0.313 e. The van der Waals surface area contributed by atoms with Gasteiger partial charge in [-0.2, -0.15) is 0 Å². The number of anilines is 1. The Morgan fingerprint density at radius 1 is 1.28 bits per heavy atom. The van der Waals surface area contributed by atoms with E-state index in [0.717, 1.165) is 5.56 Å². The molecule has 96 valence electrons. The summed E-state index contributed by atoms with van der Waals surface area (Å²) in [7, 11) is 0. The third-order valence-electron chi connectivity index (χ3n) is 2.85. The molecular weight excluding hydrogens is 232 g/mol. The first-order valence-electron chi connectivity index (χ1n) is 5.77. The normalized spacial score (nSPS) is 16.9. The van der Waals surface area contributed by atoms with Crippen LogP contribution < -0.4 is 5.32 Å². The van der Waals surface area contributed by atoms with E-state index >= 15 is 0 Å². The fourth-order valence-electron chi connectivity index (χ4n) is 1.88. The van der Waals surface area contributed by atoms with Gasteiger partial charge in [-0.1, -0.05) is 17.7 Å². The largest absolute Gasteiger partial charge is 0.386 e. The van der Waals surface area contributed by atoms with E-state index in [1.807, 2.05) is 19.1 Å². The van der Waals surface area contributed by atoms with Gasteiger partial charge in [0.15, 0.2) is 0 Å². The van der Waals surface area contributed by atoms with Gasteiger partial charge in [-0.25, -0.2) is 0 Å². The Morgan fingerprint density at radius 3 is 2.33 bits per heavy atom. The molecule has 5 heteroatoms. The Labute approximate surface area is 105 Å².